The molecule has 2 fully saturated rings. The second-order valence-electron chi connectivity index (χ2n) is 10.4. The summed E-state index contributed by atoms with van der Waals surface area (Å²) in [5.74, 6) is 10.00. The summed E-state index contributed by atoms with van der Waals surface area (Å²) in [6, 6.07) is 0. The van der Waals surface area contributed by atoms with E-state index in [1.165, 1.54) is 25.7 Å². The van der Waals surface area contributed by atoms with Gasteiger partial charge >= 0.3 is 0 Å². The first-order valence-electron chi connectivity index (χ1n) is 12.3. The lowest BCUT2D eigenvalue weighted by molar-refractivity contribution is -0.177. The van der Waals surface area contributed by atoms with Crippen LogP contribution < -0.4 is 0 Å². The molecule has 0 spiro atoms. The van der Waals surface area contributed by atoms with Crippen molar-refractivity contribution >= 4 is 8.07 Å². The fourth-order valence-electron chi connectivity index (χ4n) is 4.54. The summed E-state index contributed by atoms with van der Waals surface area (Å²) in [7, 11) is -1.48. The van der Waals surface area contributed by atoms with Gasteiger partial charge in [0.2, 0.25) is 0 Å². The Labute approximate surface area is 191 Å². The molecule has 0 aromatic heterocycles. The largest absolute Gasteiger partial charge is 0.394 e. The first-order chi connectivity index (χ1) is 14.8. The Hall–Kier alpha value is -0.823. The van der Waals surface area contributed by atoms with E-state index in [4.69, 9.17) is 9.47 Å². The zero-order chi connectivity index (χ0) is 22.8. The lowest BCUT2D eigenvalue weighted by Crippen LogP contribution is -2.46. The molecule has 0 aromatic rings. The van der Waals surface area contributed by atoms with Crippen LogP contribution >= 0.6 is 0 Å². The summed E-state index contributed by atoms with van der Waals surface area (Å²) in [5.41, 5.74) is 2.32. The molecule has 2 heterocycles. The van der Waals surface area contributed by atoms with Crippen LogP contribution in [0.4, 0.5) is 0 Å². The Morgan fingerprint density at radius 1 is 0.935 bits per heavy atom. The molecule has 2 aliphatic rings. The third-order valence-corrected chi connectivity index (χ3v) is 7.33. The van der Waals surface area contributed by atoms with E-state index in [0.29, 0.717) is 12.8 Å². The quantitative estimate of drug-likeness (QED) is 0.285. The zero-order valence-corrected chi connectivity index (χ0v) is 21.3. The van der Waals surface area contributed by atoms with E-state index in [2.05, 4.69) is 49.9 Å². The van der Waals surface area contributed by atoms with Crippen LogP contribution in [0.15, 0.2) is 0 Å². The van der Waals surface area contributed by atoms with Crippen molar-refractivity contribution < 1.29 is 19.7 Å². The molecule has 31 heavy (non-hydrogen) atoms. The minimum absolute atomic E-state index is 0.0302. The SMILES string of the molecule is CCCCCCCC#CCC1(CO)CCC(CC#C[Si](C)(C)C)(C2CCC(CO)O2)O1. The first kappa shape index (κ1) is 26.4. The molecule has 0 amide bonds. The van der Waals surface area contributed by atoms with Crippen molar-refractivity contribution in [3.63, 3.8) is 0 Å². The highest BCUT2D eigenvalue weighted by Crippen LogP contribution is 2.47. The molecule has 0 aromatic carbocycles. The molecule has 5 heteroatoms. The Morgan fingerprint density at radius 3 is 2.35 bits per heavy atom. The van der Waals surface area contributed by atoms with Gasteiger partial charge in [-0.3, -0.25) is 0 Å². The number of aliphatic hydroxyl groups is 2. The maximum Gasteiger partial charge on any atom is 0.129 e. The topological polar surface area (TPSA) is 58.9 Å². The summed E-state index contributed by atoms with van der Waals surface area (Å²) in [6.45, 7) is 8.97. The van der Waals surface area contributed by atoms with Crippen LogP contribution in [0.2, 0.25) is 19.6 Å². The standard InChI is InChI=1S/C26H44O4Si/c1-5-6-7-8-9-10-11-12-16-25(22-28)18-19-26(30-25,17-13-20-31(2,3)4)24-15-14-23(21-27)29-24/h23-24,27-28H,5-10,14-19,21-22H2,1-4H3. The van der Waals surface area contributed by atoms with E-state index in [1.807, 2.05) is 0 Å². The van der Waals surface area contributed by atoms with Gasteiger partial charge in [0, 0.05) is 19.3 Å². The highest BCUT2D eigenvalue weighted by molar-refractivity contribution is 6.83. The summed E-state index contributed by atoms with van der Waals surface area (Å²) in [5, 5.41) is 19.8. The minimum atomic E-state index is -1.48. The Kier molecular flexibility index (Phi) is 10.6. The van der Waals surface area contributed by atoms with Gasteiger partial charge in [-0.05, 0) is 32.1 Å². The number of unbranched alkanes of at least 4 members (excludes halogenated alkanes) is 5. The number of hydrogen-bond acceptors (Lipinski definition) is 4. The molecule has 0 radical (unpaired) electrons. The molecule has 4 nitrogen and oxygen atoms in total. The van der Waals surface area contributed by atoms with Gasteiger partial charge in [0.25, 0.3) is 0 Å². The maximum atomic E-state index is 10.2. The molecule has 0 bridgehead atoms. The fraction of sp³-hybridized carbons (Fsp3) is 0.846. The van der Waals surface area contributed by atoms with E-state index >= 15 is 0 Å². The van der Waals surface area contributed by atoms with Crippen LogP contribution in [0.5, 0.6) is 0 Å². The minimum Gasteiger partial charge on any atom is -0.394 e. The van der Waals surface area contributed by atoms with Crippen molar-refractivity contribution in [3.8, 4) is 23.3 Å². The van der Waals surface area contributed by atoms with Crippen molar-refractivity contribution in [2.75, 3.05) is 13.2 Å². The highest BCUT2D eigenvalue weighted by atomic mass is 28.3. The first-order valence-corrected chi connectivity index (χ1v) is 15.8. The van der Waals surface area contributed by atoms with Gasteiger partial charge in [-0.15, -0.1) is 23.3 Å². The molecule has 0 saturated carbocycles. The summed E-state index contributed by atoms with van der Waals surface area (Å²) in [4.78, 5) is 0. The monoisotopic (exact) mass is 448 g/mol. The molecule has 2 saturated heterocycles. The van der Waals surface area contributed by atoms with Gasteiger partial charge < -0.3 is 19.7 Å². The van der Waals surface area contributed by atoms with E-state index in [1.54, 1.807) is 0 Å². The maximum absolute atomic E-state index is 10.2. The average Bonchev–Trinajstić information content (AvgIpc) is 3.36. The van der Waals surface area contributed by atoms with E-state index in [0.717, 1.165) is 38.5 Å². The second-order valence-corrected chi connectivity index (χ2v) is 15.2. The van der Waals surface area contributed by atoms with Crippen LogP contribution in [0.3, 0.4) is 0 Å². The van der Waals surface area contributed by atoms with Crippen LogP contribution in [0, 0.1) is 23.3 Å². The van der Waals surface area contributed by atoms with E-state index < -0.39 is 19.3 Å². The lowest BCUT2D eigenvalue weighted by Gasteiger charge is -2.36. The third kappa shape index (κ3) is 8.23. The predicted molar refractivity (Wildman–Crippen MR) is 129 cm³/mol. The molecule has 2 aliphatic heterocycles. The van der Waals surface area contributed by atoms with E-state index in [9.17, 15) is 10.2 Å². The Balaban J connectivity index is 2.04. The number of aliphatic hydroxyl groups excluding tert-OH is 2. The average molecular weight is 449 g/mol. The van der Waals surface area contributed by atoms with Crippen LogP contribution in [-0.4, -0.2) is 54.9 Å². The van der Waals surface area contributed by atoms with Gasteiger partial charge in [0.05, 0.1) is 25.4 Å². The van der Waals surface area contributed by atoms with Crippen LogP contribution in [0.25, 0.3) is 0 Å². The predicted octanol–water partition coefficient (Wildman–Crippen LogP) is 4.83. The number of rotatable bonds is 10. The number of ether oxygens (including phenoxy) is 2. The fourth-order valence-corrected chi connectivity index (χ4v) is 5.16. The Bertz CT molecular complexity index is 665. The van der Waals surface area contributed by atoms with Crippen LogP contribution in [0.1, 0.15) is 84.0 Å². The van der Waals surface area contributed by atoms with Crippen molar-refractivity contribution in [3.05, 3.63) is 0 Å². The molecular formula is C26H44O4Si. The summed E-state index contributed by atoms with van der Waals surface area (Å²) >= 11 is 0. The van der Waals surface area contributed by atoms with Crippen molar-refractivity contribution in [2.45, 2.75) is 127 Å². The van der Waals surface area contributed by atoms with Gasteiger partial charge in [0.15, 0.2) is 0 Å². The van der Waals surface area contributed by atoms with Gasteiger partial charge in [-0.25, -0.2) is 0 Å². The second kappa shape index (κ2) is 12.4. The highest BCUT2D eigenvalue weighted by Gasteiger charge is 2.54. The van der Waals surface area contributed by atoms with Gasteiger partial charge in [-0.1, -0.05) is 52.2 Å². The molecule has 2 N–H and O–H groups in total. The zero-order valence-electron chi connectivity index (χ0n) is 20.3. The van der Waals surface area contributed by atoms with Gasteiger partial charge in [0.1, 0.15) is 19.3 Å². The van der Waals surface area contributed by atoms with Crippen molar-refractivity contribution in [1.82, 2.24) is 0 Å². The van der Waals surface area contributed by atoms with Crippen molar-refractivity contribution in [2.24, 2.45) is 0 Å². The van der Waals surface area contributed by atoms with Gasteiger partial charge in [-0.2, -0.15) is 0 Å². The third-order valence-electron chi connectivity index (χ3n) is 6.40. The molecule has 2 rings (SSSR count). The molecule has 4 unspecified atom stereocenters. The summed E-state index contributed by atoms with van der Waals surface area (Å²) < 4.78 is 12.8. The normalized spacial score (nSPS) is 30.5. The molecule has 4 atom stereocenters. The lowest BCUT2D eigenvalue weighted by atomic mass is 9.87. The Morgan fingerprint density at radius 2 is 1.71 bits per heavy atom. The molecule has 176 valence electrons. The molecule has 0 aliphatic carbocycles. The van der Waals surface area contributed by atoms with Crippen molar-refractivity contribution in [1.29, 1.82) is 0 Å². The van der Waals surface area contributed by atoms with Crippen LogP contribution in [-0.2, 0) is 9.47 Å². The molecular weight excluding hydrogens is 404 g/mol. The number of hydrogen-bond donors (Lipinski definition) is 2. The smallest absolute Gasteiger partial charge is 0.129 e. The van der Waals surface area contributed by atoms with E-state index in [-0.39, 0.29) is 25.4 Å². The summed E-state index contributed by atoms with van der Waals surface area (Å²) in [6.07, 6.45) is 11.4.